The first kappa shape index (κ1) is 16.3. The molecule has 0 aliphatic heterocycles. The van der Waals surface area contributed by atoms with Crippen LogP contribution in [-0.4, -0.2) is 11.3 Å². The predicted octanol–water partition coefficient (Wildman–Crippen LogP) is 6.11. The smallest absolute Gasteiger partial charge is 0.150 e. The Labute approximate surface area is 153 Å². The van der Waals surface area contributed by atoms with Crippen LogP contribution >= 0.6 is 0 Å². The van der Waals surface area contributed by atoms with Gasteiger partial charge in [-0.15, -0.1) is 0 Å². The maximum atomic E-state index is 10.8. The van der Waals surface area contributed by atoms with E-state index < -0.39 is 0 Å². The third-order valence-electron chi connectivity index (χ3n) is 5.08. The van der Waals surface area contributed by atoms with E-state index in [0.29, 0.717) is 5.56 Å². The van der Waals surface area contributed by atoms with Crippen molar-refractivity contribution in [1.82, 2.24) is 4.98 Å². The van der Waals surface area contributed by atoms with Gasteiger partial charge in [-0.3, -0.25) is 4.79 Å². The van der Waals surface area contributed by atoms with E-state index in [1.807, 2.05) is 24.3 Å². The molecule has 2 nitrogen and oxygen atoms in total. The van der Waals surface area contributed by atoms with Gasteiger partial charge in [-0.1, -0.05) is 73.2 Å². The highest BCUT2D eigenvalue weighted by Crippen LogP contribution is 2.30. The second-order valence-electron chi connectivity index (χ2n) is 6.90. The normalized spacial score (nSPS) is 12.2. The highest BCUT2D eigenvalue weighted by atomic mass is 16.1. The van der Waals surface area contributed by atoms with E-state index in [2.05, 4.69) is 67.4 Å². The Bertz CT molecular complexity index is 1060. The molecule has 2 heteroatoms. The molecule has 1 N–H and O–H groups in total. The summed E-state index contributed by atoms with van der Waals surface area (Å²) in [5.41, 5.74) is 7.93. The van der Waals surface area contributed by atoms with E-state index in [0.717, 1.165) is 17.5 Å². The summed E-state index contributed by atoms with van der Waals surface area (Å²) in [4.78, 5) is 14.4. The number of fused-ring (bicyclic) bond motifs is 1. The Hall–Kier alpha value is -3.13. The van der Waals surface area contributed by atoms with Gasteiger partial charge in [0, 0.05) is 28.1 Å². The van der Waals surface area contributed by atoms with E-state index in [1.54, 1.807) is 0 Å². The van der Waals surface area contributed by atoms with Crippen LogP contribution in [0.5, 0.6) is 0 Å². The first-order valence-electron chi connectivity index (χ1n) is 8.89. The van der Waals surface area contributed by atoms with Gasteiger partial charge in [-0.05, 0) is 35.7 Å². The van der Waals surface area contributed by atoms with Crippen LogP contribution in [0.15, 0.2) is 72.8 Å². The molecule has 1 aromatic heterocycles. The van der Waals surface area contributed by atoms with Crippen LogP contribution in [0, 0.1) is 6.92 Å². The van der Waals surface area contributed by atoms with Crippen molar-refractivity contribution < 1.29 is 4.79 Å². The minimum atomic E-state index is 0.270. The van der Waals surface area contributed by atoms with Crippen molar-refractivity contribution in [1.29, 1.82) is 0 Å². The van der Waals surface area contributed by atoms with Crippen molar-refractivity contribution in [3.8, 4) is 11.3 Å². The largest absolute Gasteiger partial charge is 0.355 e. The predicted molar refractivity (Wildman–Crippen MR) is 108 cm³/mol. The minimum absolute atomic E-state index is 0.270. The zero-order chi connectivity index (χ0) is 18.1. The molecule has 1 unspecified atom stereocenters. The number of aromatic nitrogens is 1. The first-order chi connectivity index (χ1) is 12.6. The molecule has 4 aromatic rings. The second-order valence-corrected chi connectivity index (χ2v) is 6.90. The summed E-state index contributed by atoms with van der Waals surface area (Å²) in [6, 6.07) is 25.2. The highest BCUT2D eigenvalue weighted by Gasteiger charge is 2.11. The van der Waals surface area contributed by atoms with Gasteiger partial charge in [-0.2, -0.15) is 0 Å². The molecule has 128 valence electrons. The summed E-state index contributed by atoms with van der Waals surface area (Å²) in [5, 5.41) is 1.22. The third-order valence-corrected chi connectivity index (χ3v) is 5.08. The molecule has 0 bridgehead atoms. The molecular formula is C24H21NO. The molecule has 0 saturated carbocycles. The van der Waals surface area contributed by atoms with Gasteiger partial charge in [0.25, 0.3) is 0 Å². The zero-order valence-corrected chi connectivity index (χ0v) is 15.0. The van der Waals surface area contributed by atoms with Crippen molar-refractivity contribution in [3.63, 3.8) is 0 Å². The Kier molecular flexibility index (Phi) is 4.18. The Balaban J connectivity index is 1.68. The fourth-order valence-electron chi connectivity index (χ4n) is 3.36. The lowest BCUT2D eigenvalue weighted by Crippen LogP contribution is -1.96. The molecule has 0 spiro atoms. The number of carbonyl (C=O) groups excluding carboxylic acids is 1. The Morgan fingerprint density at radius 3 is 2.23 bits per heavy atom. The average Bonchev–Trinajstić information content (AvgIpc) is 3.11. The monoisotopic (exact) mass is 339 g/mol. The van der Waals surface area contributed by atoms with E-state index in [9.17, 15) is 4.79 Å². The number of H-pyrrole nitrogens is 1. The number of carbonyl (C=O) groups is 1. The SMILES string of the molecule is Cc1ccc(-c2cc3ccc(C(C)c4ccc(C=O)cc4)cc3[nH]2)cc1. The topological polar surface area (TPSA) is 32.9 Å². The van der Waals surface area contributed by atoms with Gasteiger partial charge in [0.1, 0.15) is 6.29 Å². The number of hydrogen-bond donors (Lipinski definition) is 1. The molecule has 0 fully saturated rings. The van der Waals surface area contributed by atoms with Crippen LogP contribution in [0.25, 0.3) is 22.2 Å². The standard InChI is InChI=1S/C24H21NO/c1-16-3-7-20(8-4-16)23-14-22-12-11-21(13-24(22)25-23)17(2)19-9-5-18(15-26)6-10-19/h3-15,17,25H,1-2H3. The van der Waals surface area contributed by atoms with Crippen molar-refractivity contribution in [2.45, 2.75) is 19.8 Å². The molecular weight excluding hydrogens is 318 g/mol. The molecule has 26 heavy (non-hydrogen) atoms. The van der Waals surface area contributed by atoms with Crippen molar-refractivity contribution >= 4 is 17.2 Å². The van der Waals surface area contributed by atoms with E-state index in [1.165, 1.54) is 27.6 Å². The average molecular weight is 339 g/mol. The highest BCUT2D eigenvalue weighted by molar-refractivity contribution is 5.86. The number of aldehydes is 1. The van der Waals surface area contributed by atoms with Gasteiger partial charge in [-0.25, -0.2) is 0 Å². The second kappa shape index (κ2) is 6.64. The maximum Gasteiger partial charge on any atom is 0.150 e. The van der Waals surface area contributed by atoms with Gasteiger partial charge in [0.2, 0.25) is 0 Å². The van der Waals surface area contributed by atoms with E-state index >= 15 is 0 Å². The van der Waals surface area contributed by atoms with Crippen LogP contribution in [0.2, 0.25) is 0 Å². The van der Waals surface area contributed by atoms with Crippen molar-refractivity contribution in [3.05, 3.63) is 95.1 Å². The number of benzene rings is 3. The quantitative estimate of drug-likeness (QED) is 0.447. The Morgan fingerprint density at radius 1 is 0.846 bits per heavy atom. The van der Waals surface area contributed by atoms with Gasteiger partial charge in [0.15, 0.2) is 0 Å². The number of nitrogens with one attached hydrogen (secondary N) is 1. The summed E-state index contributed by atoms with van der Waals surface area (Å²) in [7, 11) is 0. The molecule has 0 radical (unpaired) electrons. The number of rotatable bonds is 4. The molecule has 0 amide bonds. The maximum absolute atomic E-state index is 10.8. The van der Waals surface area contributed by atoms with E-state index in [4.69, 9.17) is 0 Å². The first-order valence-corrected chi connectivity index (χ1v) is 8.89. The lowest BCUT2D eigenvalue weighted by molar-refractivity contribution is 0.112. The zero-order valence-electron chi connectivity index (χ0n) is 15.0. The van der Waals surface area contributed by atoms with Crippen LogP contribution in [0.3, 0.4) is 0 Å². The summed E-state index contributed by atoms with van der Waals surface area (Å²) >= 11 is 0. The molecule has 3 aromatic carbocycles. The summed E-state index contributed by atoms with van der Waals surface area (Å²) in [6.45, 7) is 4.30. The van der Waals surface area contributed by atoms with Gasteiger partial charge in [0.05, 0.1) is 0 Å². The molecule has 0 saturated heterocycles. The number of hydrogen-bond acceptors (Lipinski definition) is 1. The molecule has 1 heterocycles. The van der Waals surface area contributed by atoms with Gasteiger partial charge < -0.3 is 4.98 Å². The molecule has 4 rings (SSSR count). The minimum Gasteiger partial charge on any atom is -0.355 e. The summed E-state index contributed by atoms with van der Waals surface area (Å²) in [6.07, 6.45) is 0.881. The lowest BCUT2D eigenvalue weighted by atomic mass is 9.92. The van der Waals surface area contributed by atoms with Crippen molar-refractivity contribution in [2.75, 3.05) is 0 Å². The molecule has 1 atom stereocenters. The number of aromatic amines is 1. The molecule has 0 aliphatic rings. The summed E-state index contributed by atoms with van der Waals surface area (Å²) in [5.74, 6) is 0.270. The number of aryl methyl sites for hydroxylation is 1. The fourth-order valence-corrected chi connectivity index (χ4v) is 3.36. The van der Waals surface area contributed by atoms with Crippen LogP contribution < -0.4 is 0 Å². The lowest BCUT2D eigenvalue weighted by Gasteiger charge is -2.12. The summed E-state index contributed by atoms with van der Waals surface area (Å²) < 4.78 is 0. The van der Waals surface area contributed by atoms with Crippen LogP contribution in [-0.2, 0) is 0 Å². The van der Waals surface area contributed by atoms with Crippen LogP contribution in [0.1, 0.15) is 39.9 Å². The Morgan fingerprint density at radius 2 is 1.54 bits per heavy atom. The van der Waals surface area contributed by atoms with E-state index in [-0.39, 0.29) is 5.92 Å². The molecule has 0 aliphatic carbocycles. The fraction of sp³-hybridized carbons (Fsp3) is 0.125. The van der Waals surface area contributed by atoms with Crippen LogP contribution in [0.4, 0.5) is 0 Å². The third kappa shape index (κ3) is 3.06. The van der Waals surface area contributed by atoms with Crippen molar-refractivity contribution in [2.24, 2.45) is 0 Å². The van der Waals surface area contributed by atoms with Gasteiger partial charge >= 0.3 is 0 Å².